The van der Waals surface area contributed by atoms with E-state index < -0.39 is 5.41 Å². The predicted molar refractivity (Wildman–Crippen MR) is 102 cm³/mol. The maximum atomic E-state index is 11.9. The predicted octanol–water partition coefficient (Wildman–Crippen LogP) is 2.38. The fraction of sp³-hybridized carbons (Fsp3) is 0.667. The summed E-state index contributed by atoms with van der Waals surface area (Å²) in [6, 6.07) is 0.390. The molecule has 1 aromatic rings. The van der Waals surface area contributed by atoms with Crippen LogP contribution in [0, 0.1) is 5.41 Å². The molecule has 0 aromatic carbocycles. The van der Waals surface area contributed by atoms with Gasteiger partial charge in [0, 0.05) is 23.4 Å². The molecule has 1 fully saturated rings. The Bertz CT molecular complexity index is 540. The second kappa shape index (κ2) is 10.2. The second-order valence-electron chi connectivity index (χ2n) is 6.62. The van der Waals surface area contributed by atoms with Crippen molar-refractivity contribution in [2.75, 3.05) is 18.4 Å². The van der Waals surface area contributed by atoms with Gasteiger partial charge in [-0.1, -0.05) is 20.8 Å². The number of nitrogens with one attached hydrogen (secondary N) is 3. The molecule has 2 heterocycles. The summed E-state index contributed by atoms with van der Waals surface area (Å²) < 4.78 is 0. The van der Waals surface area contributed by atoms with Gasteiger partial charge in [0.25, 0.3) is 0 Å². The van der Waals surface area contributed by atoms with Gasteiger partial charge >= 0.3 is 0 Å². The van der Waals surface area contributed by atoms with E-state index in [0.29, 0.717) is 23.4 Å². The average Bonchev–Trinajstić information content (AvgIpc) is 3.07. The van der Waals surface area contributed by atoms with Crippen molar-refractivity contribution in [1.82, 2.24) is 15.6 Å². The molecule has 2 rings (SSSR count). The lowest BCUT2D eigenvalue weighted by Crippen LogP contribution is -2.37. The molecule has 138 valence electrons. The Balaban J connectivity index is 0.00000264. The lowest BCUT2D eigenvalue weighted by atomic mass is 9.96. The van der Waals surface area contributed by atoms with Crippen LogP contribution >= 0.6 is 36.2 Å². The van der Waals surface area contributed by atoms with Crippen LogP contribution < -0.4 is 16.0 Å². The smallest absolute Gasteiger partial charge is 0.231 e. The third-order valence-corrected chi connectivity index (χ3v) is 4.31. The molecule has 0 saturated carbocycles. The molecular formula is C15H26Cl2N4O2S. The van der Waals surface area contributed by atoms with Crippen molar-refractivity contribution < 1.29 is 9.59 Å². The second-order valence-corrected chi connectivity index (χ2v) is 7.48. The molecular weight excluding hydrogens is 371 g/mol. The van der Waals surface area contributed by atoms with Gasteiger partial charge in [-0.05, 0) is 19.4 Å². The molecule has 24 heavy (non-hydrogen) atoms. The van der Waals surface area contributed by atoms with E-state index >= 15 is 0 Å². The number of halogens is 2. The topological polar surface area (TPSA) is 83.1 Å². The summed E-state index contributed by atoms with van der Waals surface area (Å²) in [6.07, 6.45) is 2.53. The molecule has 0 bridgehead atoms. The zero-order chi connectivity index (χ0) is 16.2. The van der Waals surface area contributed by atoms with Crippen LogP contribution in [0.1, 0.15) is 39.3 Å². The largest absolute Gasteiger partial charge is 0.354 e. The van der Waals surface area contributed by atoms with E-state index in [1.54, 1.807) is 0 Å². The Labute approximate surface area is 159 Å². The molecule has 0 spiro atoms. The highest BCUT2D eigenvalue weighted by molar-refractivity contribution is 7.13. The van der Waals surface area contributed by atoms with Crippen molar-refractivity contribution >= 4 is 53.1 Å². The molecule has 0 aliphatic carbocycles. The number of aromatic nitrogens is 1. The number of thiazole rings is 1. The number of rotatable bonds is 5. The van der Waals surface area contributed by atoms with Gasteiger partial charge in [0.15, 0.2) is 5.13 Å². The maximum absolute atomic E-state index is 11.9. The Morgan fingerprint density at radius 1 is 1.38 bits per heavy atom. The first-order valence-corrected chi connectivity index (χ1v) is 8.48. The van der Waals surface area contributed by atoms with E-state index in [1.807, 2.05) is 26.2 Å². The normalized spacial score (nSPS) is 16.7. The van der Waals surface area contributed by atoms with Crippen LogP contribution in [0.3, 0.4) is 0 Å². The standard InChI is InChI=1S/C15H24N4O2S.2ClH/c1-15(2,3)13(21)19-14-18-11(9-22-14)7-12(20)17-8-10-5-4-6-16-10;;/h9-10,16H,4-8H2,1-3H3,(H,17,20)(H,18,19,21);2*1H. The number of carbonyl (C=O) groups excluding carboxylic acids is 2. The third-order valence-electron chi connectivity index (χ3n) is 3.50. The lowest BCUT2D eigenvalue weighted by Gasteiger charge is -2.15. The Kier molecular flexibility index (Phi) is 9.80. The number of nitrogens with zero attached hydrogens (tertiary/aromatic N) is 1. The Morgan fingerprint density at radius 2 is 2.08 bits per heavy atom. The van der Waals surface area contributed by atoms with Crippen molar-refractivity contribution in [2.45, 2.75) is 46.1 Å². The van der Waals surface area contributed by atoms with Gasteiger partial charge in [-0.2, -0.15) is 0 Å². The van der Waals surface area contributed by atoms with Crippen molar-refractivity contribution in [1.29, 1.82) is 0 Å². The first-order valence-electron chi connectivity index (χ1n) is 7.60. The fourth-order valence-corrected chi connectivity index (χ4v) is 2.83. The number of carbonyl (C=O) groups is 2. The number of hydrogen-bond donors (Lipinski definition) is 3. The fourth-order valence-electron chi connectivity index (χ4n) is 2.13. The minimum atomic E-state index is -0.461. The van der Waals surface area contributed by atoms with Crippen LogP contribution in [0.25, 0.3) is 0 Å². The van der Waals surface area contributed by atoms with E-state index in [9.17, 15) is 9.59 Å². The monoisotopic (exact) mass is 396 g/mol. The van der Waals surface area contributed by atoms with Gasteiger partial charge in [-0.15, -0.1) is 36.2 Å². The summed E-state index contributed by atoms with van der Waals surface area (Å²) in [7, 11) is 0. The summed E-state index contributed by atoms with van der Waals surface area (Å²) in [5, 5.41) is 11.4. The molecule has 1 aliphatic heterocycles. The number of amides is 2. The molecule has 2 amide bonds. The molecule has 1 aliphatic rings. The van der Waals surface area contributed by atoms with Gasteiger partial charge in [0.05, 0.1) is 12.1 Å². The minimum absolute atomic E-state index is 0. The van der Waals surface area contributed by atoms with Crippen LogP contribution in [-0.4, -0.2) is 35.9 Å². The quantitative estimate of drug-likeness (QED) is 0.713. The maximum Gasteiger partial charge on any atom is 0.231 e. The van der Waals surface area contributed by atoms with Gasteiger partial charge in [-0.3, -0.25) is 9.59 Å². The van der Waals surface area contributed by atoms with E-state index in [4.69, 9.17) is 0 Å². The SMILES string of the molecule is CC(C)(C)C(=O)Nc1nc(CC(=O)NCC2CCCN2)cs1.Cl.Cl. The summed E-state index contributed by atoms with van der Waals surface area (Å²) in [5.74, 6) is -0.113. The summed E-state index contributed by atoms with van der Waals surface area (Å²) in [5.41, 5.74) is 0.225. The van der Waals surface area contributed by atoms with E-state index in [-0.39, 0.29) is 43.0 Å². The van der Waals surface area contributed by atoms with Crippen molar-refractivity contribution in [3.05, 3.63) is 11.1 Å². The zero-order valence-electron chi connectivity index (χ0n) is 14.2. The zero-order valence-corrected chi connectivity index (χ0v) is 16.6. The molecule has 1 saturated heterocycles. The van der Waals surface area contributed by atoms with Crippen LogP contribution in [0.15, 0.2) is 5.38 Å². The summed E-state index contributed by atoms with van der Waals surface area (Å²) >= 11 is 1.34. The van der Waals surface area contributed by atoms with E-state index in [2.05, 4.69) is 20.9 Å². The number of hydrogen-bond acceptors (Lipinski definition) is 5. The third kappa shape index (κ3) is 7.34. The van der Waals surface area contributed by atoms with E-state index in [1.165, 1.54) is 17.8 Å². The molecule has 3 N–H and O–H groups in total. The van der Waals surface area contributed by atoms with Crippen molar-refractivity contribution in [2.24, 2.45) is 5.41 Å². The number of anilines is 1. The van der Waals surface area contributed by atoms with Crippen LogP contribution in [0.4, 0.5) is 5.13 Å². The van der Waals surface area contributed by atoms with Gasteiger partial charge in [0.1, 0.15) is 0 Å². The van der Waals surface area contributed by atoms with Crippen LogP contribution in [0.5, 0.6) is 0 Å². The van der Waals surface area contributed by atoms with Gasteiger partial charge in [-0.25, -0.2) is 4.98 Å². The van der Waals surface area contributed by atoms with Gasteiger partial charge < -0.3 is 16.0 Å². The first kappa shape index (κ1) is 23.1. The van der Waals surface area contributed by atoms with Crippen LogP contribution in [0.2, 0.25) is 0 Å². The summed E-state index contributed by atoms with van der Waals surface area (Å²) in [6.45, 7) is 7.24. The van der Waals surface area contributed by atoms with E-state index in [0.717, 1.165) is 13.0 Å². The average molecular weight is 397 g/mol. The molecule has 9 heteroatoms. The highest BCUT2D eigenvalue weighted by Gasteiger charge is 2.22. The highest BCUT2D eigenvalue weighted by atomic mass is 35.5. The summed E-state index contributed by atoms with van der Waals surface area (Å²) in [4.78, 5) is 28.1. The Morgan fingerprint density at radius 3 is 2.67 bits per heavy atom. The highest BCUT2D eigenvalue weighted by Crippen LogP contribution is 2.20. The molecule has 1 aromatic heterocycles. The first-order chi connectivity index (χ1) is 10.3. The minimum Gasteiger partial charge on any atom is -0.354 e. The molecule has 1 atom stereocenters. The van der Waals surface area contributed by atoms with Crippen molar-refractivity contribution in [3.8, 4) is 0 Å². The lowest BCUT2D eigenvalue weighted by molar-refractivity contribution is -0.123. The van der Waals surface area contributed by atoms with Crippen LogP contribution in [-0.2, 0) is 16.0 Å². The molecule has 6 nitrogen and oxygen atoms in total. The molecule has 0 radical (unpaired) electrons. The van der Waals surface area contributed by atoms with Gasteiger partial charge in [0.2, 0.25) is 11.8 Å². The Hall–Kier alpha value is -0.890. The van der Waals surface area contributed by atoms with Crippen molar-refractivity contribution in [3.63, 3.8) is 0 Å². The molecule has 1 unspecified atom stereocenters.